The zero-order chi connectivity index (χ0) is 19.5. The number of amides is 1. The fourth-order valence-corrected chi connectivity index (χ4v) is 3.30. The second-order valence-electron chi connectivity index (χ2n) is 6.41. The standard InChI is InChI=1S/C22H20N2O4/c1-2-27-16-11-9-15(10-12-16)19-14-18(17-6-3-4-7-20(17)25)23-24(19)22(26)21-8-5-13-28-21/h3-13,19,25H,2,14H2,1H3/t19-/m0/s1. The van der Waals surface area contributed by atoms with Crippen molar-refractivity contribution in [3.63, 3.8) is 0 Å². The first kappa shape index (κ1) is 17.9. The molecule has 0 bridgehead atoms. The van der Waals surface area contributed by atoms with Crippen LogP contribution in [-0.4, -0.2) is 28.3 Å². The molecule has 6 nitrogen and oxygen atoms in total. The van der Waals surface area contributed by atoms with E-state index in [-0.39, 0.29) is 23.5 Å². The van der Waals surface area contributed by atoms with E-state index in [1.807, 2.05) is 37.3 Å². The van der Waals surface area contributed by atoms with Gasteiger partial charge in [-0.05, 0) is 48.9 Å². The first-order valence-corrected chi connectivity index (χ1v) is 9.13. The van der Waals surface area contributed by atoms with E-state index in [9.17, 15) is 9.90 Å². The van der Waals surface area contributed by atoms with E-state index in [1.165, 1.54) is 11.3 Å². The molecule has 1 aliphatic heterocycles. The Kier molecular flexibility index (Phi) is 4.85. The molecule has 2 aromatic carbocycles. The predicted molar refractivity (Wildman–Crippen MR) is 104 cm³/mol. The van der Waals surface area contributed by atoms with Gasteiger partial charge in [0.25, 0.3) is 0 Å². The van der Waals surface area contributed by atoms with Gasteiger partial charge in [0.1, 0.15) is 11.5 Å². The molecule has 0 saturated carbocycles. The lowest BCUT2D eigenvalue weighted by Crippen LogP contribution is -2.26. The van der Waals surface area contributed by atoms with Gasteiger partial charge in [-0.3, -0.25) is 4.79 Å². The number of ether oxygens (including phenoxy) is 1. The highest BCUT2D eigenvalue weighted by Gasteiger charge is 2.35. The van der Waals surface area contributed by atoms with E-state index in [4.69, 9.17) is 9.15 Å². The first-order chi connectivity index (χ1) is 13.7. The molecule has 1 atom stereocenters. The number of para-hydroxylation sites is 1. The molecule has 0 radical (unpaired) electrons. The van der Waals surface area contributed by atoms with E-state index in [2.05, 4.69) is 5.10 Å². The molecular formula is C22H20N2O4. The zero-order valence-corrected chi connectivity index (χ0v) is 15.4. The van der Waals surface area contributed by atoms with Crippen LogP contribution in [0, 0.1) is 0 Å². The van der Waals surface area contributed by atoms with Crippen LogP contribution in [0.15, 0.2) is 76.4 Å². The van der Waals surface area contributed by atoms with Crippen LogP contribution in [0.1, 0.15) is 41.1 Å². The van der Waals surface area contributed by atoms with Crippen LogP contribution in [0.25, 0.3) is 0 Å². The Morgan fingerprint density at radius 2 is 1.96 bits per heavy atom. The normalized spacial score (nSPS) is 16.1. The van der Waals surface area contributed by atoms with E-state index in [0.717, 1.165) is 11.3 Å². The number of nitrogens with zero attached hydrogens (tertiary/aromatic N) is 2. The molecule has 142 valence electrons. The molecule has 0 unspecified atom stereocenters. The van der Waals surface area contributed by atoms with Crippen LogP contribution in [-0.2, 0) is 0 Å². The fraction of sp³-hybridized carbons (Fsp3) is 0.182. The predicted octanol–water partition coefficient (Wildman–Crippen LogP) is 4.38. The van der Waals surface area contributed by atoms with Gasteiger partial charge in [-0.15, -0.1) is 0 Å². The molecule has 1 aromatic heterocycles. The lowest BCUT2D eigenvalue weighted by Gasteiger charge is -2.21. The van der Waals surface area contributed by atoms with Crippen molar-refractivity contribution in [2.45, 2.75) is 19.4 Å². The summed E-state index contributed by atoms with van der Waals surface area (Å²) in [4.78, 5) is 13.0. The topological polar surface area (TPSA) is 75.3 Å². The number of hydrogen-bond donors (Lipinski definition) is 1. The summed E-state index contributed by atoms with van der Waals surface area (Å²) >= 11 is 0. The minimum absolute atomic E-state index is 0.138. The average molecular weight is 376 g/mol. The largest absolute Gasteiger partial charge is 0.507 e. The molecule has 0 spiro atoms. The highest BCUT2D eigenvalue weighted by atomic mass is 16.5. The Bertz CT molecular complexity index is 994. The highest BCUT2D eigenvalue weighted by Crippen LogP contribution is 2.36. The van der Waals surface area contributed by atoms with Crippen LogP contribution < -0.4 is 4.74 Å². The van der Waals surface area contributed by atoms with Gasteiger partial charge in [0.2, 0.25) is 0 Å². The Hall–Kier alpha value is -3.54. The van der Waals surface area contributed by atoms with Crippen molar-refractivity contribution in [3.8, 4) is 11.5 Å². The lowest BCUT2D eigenvalue weighted by molar-refractivity contribution is 0.0678. The third-order valence-electron chi connectivity index (χ3n) is 4.64. The van der Waals surface area contributed by atoms with Crippen molar-refractivity contribution in [1.29, 1.82) is 0 Å². The van der Waals surface area contributed by atoms with Gasteiger partial charge in [-0.1, -0.05) is 24.3 Å². The van der Waals surface area contributed by atoms with Crippen molar-refractivity contribution < 1.29 is 19.1 Å². The molecule has 4 rings (SSSR count). The quantitative estimate of drug-likeness (QED) is 0.717. The molecule has 0 aliphatic carbocycles. The molecule has 3 aromatic rings. The van der Waals surface area contributed by atoms with Gasteiger partial charge < -0.3 is 14.3 Å². The Morgan fingerprint density at radius 3 is 2.64 bits per heavy atom. The molecule has 1 aliphatic rings. The maximum atomic E-state index is 13.0. The van der Waals surface area contributed by atoms with E-state index < -0.39 is 0 Å². The molecule has 0 fully saturated rings. The zero-order valence-electron chi connectivity index (χ0n) is 15.4. The summed E-state index contributed by atoms with van der Waals surface area (Å²) in [6.07, 6.45) is 1.95. The SMILES string of the molecule is CCOc1ccc([C@@H]2CC(c3ccccc3O)=NN2C(=O)c2ccco2)cc1. The van der Waals surface area contributed by atoms with Crippen molar-refractivity contribution in [2.75, 3.05) is 6.61 Å². The molecular weight excluding hydrogens is 356 g/mol. The Morgan fingerprint density at radius 1 is 1.18 bits per heavy atom. The average Bonchev–Trinajstić information content (AvgIpc) is 3.39. The third-order valence-corrected chi connectivity index (χ3v) is 4.64. The number of hydrazone groups is 1. The van der Waals surface area contributed by atoms with E-state index >= 15 is 0 Å². The minimum atomic E-state index is -0.325. The molecule has 0 saturated heterocycles. The van der Waals surface area contributed by atoms with Gasteiger partial charge >= 0.3 is 5.91 Å². The number of carbonyl (C=O) groups is 1. The van der Waals surface area contributed by atoms with Gasteiger partial charge in [0.05, 0.1) is 24.6 Å². The number of carbonyl (C=O) groups excluding carboxylic acids is 1. The Labute approximate surface area is 162 Å². The van der Waals surface area contributed by atoms with Crippen LogP contribution >= 0.6 is 0 Å². The molecule has 2 heterocycles. The van der Waals surface area contributed by atoms with E-state index in [1.54, 1.807) is 30.3 Å². The highest BCUT2D eigenvalue weighted by molar-refractivity contribution is 6.06. The molecule has 1 amide bonds. The number of aromatic hydroxyl groups is 1. The fourth-order valence-electron chi connectivity index (χ4n) is 3.30. The summed E-state index contributed by atoms with van der Waals surface area (Å²) < 4.78 is 10.8. The van der Waals surface area contributed by atoms with Crippen molar-refractivity contribution >= 4 is 11.6 Å². The van der Waals surface area contributed by atoms with Crippen molar-refractivity contribution in [3.05, 3.63) is 83.8 Å². The third kappa shape index (κ3) is 3.36. The molecule has 28 heavy (non-hydrogen) atoms. The van der Waals surface area contributed by atoms with E-state index in [0.29, 0.717) is 24.3 Å². The van der Waals surface area contributed by atoms with Gasteiger partial charge in [-0.25, -0.2) is 5.01 Å². The summed E-state index contributed by atoms with van der Waals surface area (Å²) in [5, 5.41) is 16.2. The maximum Gasteiger partial charge on any atom is 0.310 e. The maximum absolute atomic E-state index is 13.0. The number of rotatable bonds is 5. The number of phenols is 1. The lowest BCUT2D eigenvalue weighted by atomic mass is 9.98. The van der Waals surface area contributed by atoms with Crippen LogP contribution in [0.4, 0.5) is 0 Å². The summed E-state index contributed by atoms with van der Waals surface area (Å²) in [5.41, 5.74) is 2.20. The van der Waals surface area contributed by atoms with Crippen LogP contribution in [0.5, 0.6) is 11.5 Å². The Balaban J connectivity index is 1.70. The van der Waals surface area contributed by atoms with Crippen molar-refractivity contribution in [1.82, 2.24) is 5.01 Å². The summed E-state index contributed by atoms with van der Waals surface area (Å²) in [6.45, 7) is 2.52. The second kappa shape index (κ2) is 7.60. The van der Waals surface area contributed by atoms with Crippen LogP contribution in [0.2, 0.25) is 0 Å². The second-order valence-corrected chi connectivity index (χ2v) is 6.41. The monoisotopic (exact) mass is 376 g/mol. The summed E-state index contributed by atoms with van der Waals surface area (Å²) in [7, 11) is 0. The number of furan rings is 1. The number of phenolic OH excluding ortho intramolecular Hbond substituents is 1. The van der Waals surface area contributed by atoms with Crippen molar-refractivity contribution in [2.24, 2.45) is 5.10 Å². The first-order valence-electron chi connectivity index (χ1n) is 9.13. The smallest absolute Gasteiger partial charge is 0.310 e. The minimum Gasteiger partial charge on any atom is -0.507 e. The summed E-state index contributed by atoms with van der Waals surface area (Å²) in [5.74, 6) is 0.807. The van der Waals surface area contributed by atoms with Gasteiger partial charge in [0, 0.05) is 12.0 Å². The van der Waals surface area contributed by atoms with Gasteiger partial charge in [-0.2, -0.15) is 5.10 Å². The number of benzene rings is 2. The van der Waals surface area contributed by atoms with Gasteiger partial charge in [0.15, 0.2) is 5.76 Å². The van der Waals surface area contributed by atoms with Crippen LogP contribution in [0.3, 0.4) is 0 Å². The summed E-state index contributed by atoms with van der Waals surface area (Å²) in [6, 6.07) is 17.6. The number of hydrogen-bond acceptors (Lipinski definition) is 5. The molecule has 6 heteroatoms. The molecule has 1 N–H and O–H groups in total.